The van der Waals surface area contributed by atoms with Crippen LogP contribution in [-0.2, 0) is 0 Å². The molecule has 3 N–H and O–H groups in total. The molecule has 1 amide bonds. The number of hydrogen-bond acceptors (Lipinski definition) is 4. The molecule has 4 nitrogen and oxygen atoms in total. The van der Waals surface area contributed by atoms with Crippen LogP contribution in [-0.4, -0.2) is 45.9 Å². The molecular weight excluding hydrogens is 262 g/mol. The van der Waals surface area contributed by atoms with Gasteiger partial charge in [-0.05, 0) is 25.0 Å². The van der Waals surface area contributed by atoms with Crippen LogP contribution in [0, 0.1) is 0 Å². The monoisotopic (exact) mass is 281 g/mol. The summed E-state index contributed by atoms with van der Waals surface area (Å²) in [5, 5.41) is 22.1. The van der Waals surface area contributed by atoms with E-state index >= 15 is 0 Å². The highest BCUT2D eigenvalue weighted by Crippen LogP contribution is 2.32. The number of amides is 1. The Morgan fingerprint density at radius 3 is 2.74 bits per heavy atom. The Hall–Kier alpha value is -1.04. The molecule has 1 aromatic rings. The second-order valence-corrected chi connectivity index (χ2v) is 5.86. The fraction of sp³-hybridized carbons (Fsp3) is 0.500. The number of benzene rings is 1. The molecule has 0 spiro atoms. The van der Waals surface area contributed by atoms with Crippen molar-refractivity contribution in [2.75, 3.05) is 18.1 Å². The van der Waals surface area contributed by atoms with E-state index in [1.54, 1.807) is 23.9 Å². The third-order valence-electron chi connectivity index (χ3n) is 3.45. The van der Waals surface area contributed by atoms with Gasteiger partial charge in [-0.15, -0.1) is 0 Å². The lowest BCUT2D eigenvalue weighted by Gasteiger charge is -2.33. The Labute approximate surface area is 117 Å². The molecule has 1 saturated heterocycles. The zero-order valence-electron chi connectivity index (χ0n) is 10.7. The largest absolute Gasteiger partial charge is 0.396 e. The maximum Gasteiger partial charge on any atom is 0.251 e. The van der Waals surface area contributed by atoms with Crippen LogP contribution in [0.3, 0.4) is 0 Å². The number of carbonyl (C=O) groups is 1. The Bertz CT molecular complexity index is 426. The normalized spacial score (nSPS) is 26.3. The minimum Gasteiger partial charge on any atom is -0.396 e. The van der Waals surface area contributed by atoms with E-state index in [4.69, 9.17) is 5.11 Å². The highest BCUT2D eigenvalue weighted by atomic mass is 32.2. The third-order valence-corrected chi connectivity index (χ3v) is 4.72. The van der Waals surface area contributed by atoms with E-state index in [2.05, 4.69) is 5.32 Å². The summed E-state index contributed by atoms with van der Waals surface area (Å²) in [6.07, 6.45) is 0.611. The molecule has 1 heterocycles. The van der Waals surface area contributed by atoms with E-state index in [-0.39, 0.29) is 12.5 Å². The van der Waals surface area contributed by atoms with Crippen molar-refractivity contribution < 1.29 is 15.0 Å². The van der Waals surface area contributed by atoms with Crippen molar-refractivity contribution in [3.63, 3.8) is 0 Å². The van der Waals surface area contributed by atoms with E-state index in [0.717, 1.165) is 0 Å². The molecule has 104 valence electrons. The minimum atomic E-state index is -0.611. The quantitative estimate of drug-likeness (QED) is 0.754. The lowest BCUT2D eigenvalue weighted by molar-refractivity contribution is 0.0668. The van der Waals surface area contributed by atoms with Gasteiger partial charge in [-0.1, -0.05) is 18.2 Å². The second kappa shape index (κ2) is 6.41. The molecule has 0 aromatic heterocycles. The summed E-state index contributed by atoms with van der Waals surface area (Å²) in [5.74, 6) is 1.15. The van der Waals surface area contributed by atoms with Gasteiger partial charge in [0.1, 0.15) is 0 Å². The van der Waals surface area contributed by atoms with Crippen LogP contribution in [0.5, 0.6) is 0 Å². The van der Waals surface area contributed by atoms with Crippen molar-refractivity contribution >= 4 is 17.7 Å². The van der Waals surface area contributed by atoms with Gasteiger partial charge in [0, 0.05) is 23.7 Å². The molecule has 0 unspecified atom stereocenters. The second-order valence-electron chi connectivity index (χ2n) is 4.83. The number of carbonyl (C=O) groups excluding carboxylic acids is 1. The molecule has 1 aromatic carbocycles. The van der Waals surface area contributed by atoms with Gasteiger partial charge in [-0.2, -0.15) is 11.8 Å². The number of aliphatic hydroxyl groups excluding tert-OH is 2. The van der Waals surface area contributed by atoms with E-state index in [0.29, 0.717) is 29.9 Å². The first kappa shape index (κ1) is 14.4. The van der Waals surface area contributed by atoms with Crippen molar-refractivity contribution in [2.24, 2.45) is 0 Å². The Morgan fingerprint density at radius 1 is 1.42 bits per heavy atom. The number of rotatable bonds is 5. The number of thioether (sulfide) groups is 1. The predicted octanol–water partition coefficient (Wildman–Crippen LogP) is 1.04. The smallest absolute Gasteiger partial charge is 0.251 e. The van der Waals surface area contributed by atoms with Crippen LogP contribution in [0.25, 0.3) is 0 Å². The van der Waals surface area contributed by atoms with Crippen molar-refractivity contribution in [3.8, 4) is 0 Å². The van der Waals surface area contributed by atoms with Gasteiger partial charge in [-0.3, -0.25) is 4.79 Å². The van der Waals surface area contributed by atoms with Crippen molar-refractivity contribution in [1.29, 1.82) is 0 Å². The molecule has 19 heavy (non-hydrogen) atoms. The molecule has 2 atom stereocenters. The molecule has 1 aliphatic heterocycles. The van der Waals surface area contributed by atoms with Gasteiger partial charge < -0.3 is 15.5 Å². The van der Waals surface area contributed by atoms with Crippen LogP contribution in [0.2, 0.25) is 0 Å². The summed E-state index contributed by atoms with van der Waals surface area (Å²) < 4.78 is 0. The third kappa shape index (κ3) is 3.29. The molecule has 5 heteroatoms. The van der Waals surface area contributed by atoms with Crippen molar-refractivity contribution in [3.05, 3.63) is 35.9 Å². The molecule has 1 fully saturated rings. The first-order valence-electron chi connectivity index (χ1n) is 6.42. The van der Waals surface area contributed by atoms with Gasteiger partial charge in [0.15, 0.2) is 0 Å². The van der Waals surface area contributed by atoms with Crippen LogP contribution >= 0.6 is 11.8 Å². The fourth-order valence-electron chi connectivity index (χ4n) is 2.31. The Balaban J connectivity index is 2.10. The summed E-state index contributed by atoms with van der Waals surface area (Å²) in [5.41, 5.74) is -0.0182. The molecule has 0 saturated carbocycles. The average molecular weight is 281 g/mol. The van der Waals surface area contributed by atoms with Gasteiger partial charge in [0.05, 0.1) is 11.6 Å². The van der Waals surface area contributed by atoms with E-state index in [1.165, 1.54) is 0 Å². The number of aliphatic hydroxyl groups is 2. The lowest BCUT2D eigenvalue weighted by Crippen LogP contribution is -2.56. The van der Waals surface area contributed by atoms with Gasteiger partial charge in [-0.25, -0.2) is 0 Å². The SMILES string of the molecule is O=C(N[C@@]1(CCCO)CSC[C@@H]1O)c1ccccc1. The molecule has 2 rings (SSSR count). The molecule has 0 aliphatic carbocycles. The van der Waals surface area contributed by atoms with Crippen molar-refractivity contribution in [2.45, 2.75) is 24.5 Å². The van der Waals surface area contributed by atoms with Gasteiger partial charge in [0.25, 0.3) is 5.91 Å². The number of hydrogen-bond donors (Lipinski definition) is 3. The van der Waals surface area contributed by atoms with Crippen LogP contribution in [0.15, 0.2) is 30.3 Å². The minimum absolute atomic E-state index is 0.0698. The highest BCUT2D eigenvalue weighted by Gasteiger charge is 2.43. The topological polar surface area (TPSA) is 69.6 Å². The van der Waals surface area contributed by atoms with Crippen molar-refractivity contribution in [1.82, 2.24) is 5.32 Å². The summed E-state index contributed by atoms with van der Waals surface area (Å²) in [7, 11) is 0. The van der Waals surface area contributed by atoms with Gasteiger partial charge >= 0.3 is 0 Å². The Kier molecular flexibility index (Phi) is 4.85. The number of nitrogens with one attached hydrogen (secondary N) is 1. The maximum absolute atomic E-state index is 12.2. The summed E-state index contributed by atoms with van der Waals surface area (Å²) in [6, 6.07) is 9.00. The molecule has 0 bridgehead atoms. The van der Waals surface area contributed by atoms with E-state index in [9.17, 15) is 9.90 Å². The average Bonchev–Trinajstić information content (AvgIpc) is 2.79. The zero-order valence-corrected chi connectivity index (χ0v) is 11.5. The summed E-state index contributed by atoms with van der Waals surface area (Å²) in [6.45, 7) is 0.0698. The summed E-state index contributed by atoms with van der Waals surface area (Å²) >= 11 is 1.63. The predicted molar refractivity (Wildman–Crippen MR) is 76.3 cm³/mol. The van der Waals surface area contributed by atoms with Gasteiger partial charge in [0.2, 0.25) is 0 Å². The van der Waals surface area contributed by atoms with Crippen LogP contribution < -0.4 is 5.32 Å². The van der Waals surface area contributed by atoms with Crippen LogP contribution in [0.1, 0.15) is 23.2 Å². The molecule has 0 radical (unpaired) electrons. The standard InChI is InChI=1S/C14H19NO3S/c16-8-4-7-14(10-19-9-12(14)17)15-13(18)11-5-2-1-3-6-11/h1-3,5-6,12,16-17H,4,7-10H2,(H,15,18)/t12-,14-/m0/s1. The Morgan fingerprint density at radius 2 is 2.16 bits per heavy atom. The molecular formula is C14H19NO3S. The zero-order chi connectivity index (χ0) is 13.7. The maximum atomic E-state index is 12.2. The van der Waals surface area contributed by atoms with Crippen LogP contribution in [0.4, 0.5) is 0 Å². The first-order valence-corrected chi connectivity index (χ1v) is 7.58. The fourth-order valence-corrected chi connectivity index (χ4v) is 3.74. The summed E-state index contributed by atoms with van der Waals surface area (Å²) in [4.78, 5) is 12.2. The first-order chi connectivity index (χ1) is 9.18. The highest BCUT2D eigenvalue weighted by molar-refractivity contribution is 7.99. The van der Waals surface area contributed by atoms with E-state index in [1.807, 2.05) is 18.2 Å². The lowest BCUT2D eigenvalue weighted by atomic mass is 9.89. The molecule has 1 aliphatic rings. The van der Waals surface area contributed by atoms with E-state index < -0.39 is 11.6 Å².